The first-order valence-corrected chi connectivity index (χ1v) is 4.61. The second-order valence-electron chi connectivity index (χ2n) is 3.90. The molecule has 4 nitrogen and oxygen atoms in total. The Balaban J connectivity index is 2.29. The van der Waals surface area contributed by atoms with Gasteiger partial charge < -0.3 is 15.2 Å². The minimum atomic E-state index is -0.843. The van der Waals surface area contributed by atoms with E-state index in [9.17, 15) is 9.90 Å². The van der Waals surface area contributed by atoms with Crippen molar-refractivity contribution in [1.82, 2.24) is 5.32 Å². The molecule has 1 atom stereocenters. The molecule has 0 bridgehead atoms. The number of amides is 1. The van der Waals surface area contributed by atoms with Crippen LogP contribution in [0.1, 0.15) is 20.3 Å². The van der Waals surface area contributed by atoms with Crippen molar-refractivity contribution in [2.75, 3.05) is 19.8 Å². The van der Waals surface area contributed by atoms with E-state index in [1.807, 2.05) is 13.8 Å². The smallest absolute Gasteiger partial charge is 0.222 e. The van der Waals surface area contributed by atoms with E-state index < -0.39 is 5.60 Å². The average Bonchev–Trinajstić information content (AvgIpc) is 2.48. The zero-order valence-corrected chi connectivity index (χ0v) is 8.17. The van der Waals surface area contributed by atoms with Gasteiger partial charge in [-0.05, 0) is 0 Å². The molecule has 1 rings (SSSR count). The standard InChI is InChI=1S/C9H17NO3/c1-7(2)8(11)10-5-9(12)3-4-13-6-9/h7,12H,3-6H2,1-2H3,(H,10,11). The van der Waals surface area contributed by atoms with Gasteiger partial charge in [-0.2, -0.15) is 0 Å². The van der Waals surface area contributed by atoms with E-state index in [0.717, 1.165) is 0 Å². The van der Waals surface area contributed by atoms with Gasteiger partial charge in [-0.1, -0.05) is 13.8 Å². The first kappa shape index (κ1) is 10.5. The van der Waals surface area contributed by atoms with Crippen LogP contribution in [0, 0.1) is 5.92 Å². The van der Waals surface area contributed by atoms with Crippen LogP contribution in [0.2, 0.25) is 0 Å². The largest absolute Gasteiger partial charge is 0.386 e. The quantitative estimate of drug-likeness (QED) is 0.649. The van der Waals surface area contributed by atoms with Crippen LogP contribution in [0.4, 0.5) is 0 Å². The highest BCUT2D eigenvalue weighted by atomic mass is 16.5. The Morgan fingerprint density at radius 3 is 2.85 bits per heavy atom. The molecule has 0 aromatic rings. The fourth-order valence-electron chi connectivity index (χ4n) is 1.19. The van der Waals surface area contributed by atoms with Gasteiger partial charge >= 0.3 is 0 Å². The number of rotatable bonds is 3. The summed E-state index contributed by atoms with van der Waals surface area (Å²) in [6.07, 6.45) is 0.603. The van der Waals surface area contributed by atoms with Crippen LogP contribution in [-0.4, -0.2) is 36.4 Å². The summed E-state index contributed by atoms with van der Waals surface area (Å²) in [5.74, 6) is -0.0637. The fourth-order valence-corrected chi connectivity index (χ4v) is 1.19. The summed E-state index contributed by atoms with van der Waals surface area (Å²) < 4.78 is 5.05. The van der Waals surface area contributed by atoms with E-state index in [4.69, 9.17) is 4.74 Å². The highest BCUT2D eigenvalue weighted by Crippen LogP contribution is 2.16. The number of carbonyl (C=O) groups excluding carboxylic acids is 1. The Kier molecular flexibility index (Phi) is 3.27. The Morgan fingerprint density at radius 1 is 1.69 bits per heavy atom. The fraction of sp³-hybridized carbons (Fsp3) is 0.889. The molecule has 1 unspecified atom stereocenters. The summed E-state index contributed by atoms with van der Waals surface area (Å²) in [6.45, 7) is 4.85. The number of carbonyl (C=O) groups is 1. The molecule has 0 aliphatic carbocycles. The third kappa shape index (κ3) is 2.97. The summed E-state index contributed by atoms with van der Waals surface area (Å²) in [5, 5.41) is 12.5. The van der Waals surface area contributed by atoms with E-state index in [0.29, 0.717) is 26.2 Å². The average molecular weight is 187 g/mol. The monoisotopic (exact) mass is 187 g/mol. The van der Waals surface area contributed by atoms with Gasteiger partial charge in [0, 0.05) is 25.5 Å². The number of ether oxygens (including phenoxy) is 1. The van der Waals surface area contributed by atoms with E-state index in [-0.39, 0.29) is 11.8 Å². The Bertz CT molecular complexity index is 185. The van der Waals surface area contributed by atoms with Crippen LogP contribution < -0.4 is 5.32 Å². The van der Waals surface area contributed by atoms with Gasteiger partial charge in [0.05, 0.1) is 6.61 Å². The molecule has 0 aromatic carbocycles. The normalized spacial score (nSPS) is 28.0. The summed E-state index contributed by atoms with van der Waals surface area (Å²) in [7, 11) is 0. The molecule has 1 fully saturated rings. The summed E-state index contributed by atoms with van der Waals surface area (Å²) in [5.41, 5.74) is -0.843. The molecule has 13 heavy (non-hydrogen) atoms. The van der Waals surface area contributed by atoms with Gasteiger partial charge in [0.25, 0.3) is 0 Å². The minimum Gasteiger partial charge on any atom is -0.386 e. The number of nitrogens with one attached hydrogen (secondary N) is 1. The molecule has 0 saturated carbocycles. The van der Waals surface area contributed by atoms with Crippen molar-refractivity contribution in [3.63, 3.8) is 0 Å². The van der Waals surface area contributed by atoms with Crippen molar-refractivity contribution in [2.24, 2.45) is 5.92 Å². The number of hydrogen-bond donors (Lipinski definition) is 2. The lowest BCUT2D eigenvalue weighted by molar-refractivity contribution is -0.125. The molecule has 0 spiro atoms. The van der Waals surface area contributed by atoms with Crippen LogP contribution in [0.5, 0.6) is 0 Å². The predicted molar refractivity (Wildman–Crippen MR) is 48.2 cm³/mol. The molecule has 0 aromatic heterocycles. The van der Waals surface area contributed by atoms with Gasteiger partial charge in [0.15, 0.2) is 0 Å². The zero-order valence-electron chi connectivity index (χ0n) is 8.17. The van der Waals surface area contributed by atoms with Crippen LogP contribution in [-0.2, 0) is 9.53 Å². The van der Waals surface area contributed by atoms with Gasteiger partial charge in [-0.25, -0.2) is 0 Å². The van der Waals surface area contributed by atoms with Crippen molar-refractivity contribution < 1.29 is 14.6 Å². The van der Waals surface area contributed by atoms with Gasteiger partial charge in [0.2, 0.25) is 5.91 Å². The topological polar surface area (TPSA) is 58.6 Å². The maximum Gasteiger partial charge on any atom is 0.222 e. The molecule has 2 N–H and O–H groups in total. The number of hydrogen-bond acceptors (Lipinski definition) is 3. The number of aliphatic hydroxyl groups is 1. The third-order valence-electron chi connectivity index (χ3n) is 2.20. The second kappa shape index (κ2) is 4.07. The molecular weight excluding hydrogens is 170 g/mol. The maximum absolute atomic E-state index is 11.2. The van der Waals surface area contributed by atoms with Crippen molar-refractivity contribution in [1.29, 1.82) is 0 Å². The second-order valence-corrected chi connectivity index (χ2v) is 3.90. The lowest BCUT2D eigenvalue weighted by atomic mass is 10.0. The first-order valence-electron chi connectivity index (χ1n) is 4.61. The highest BCUT2D eigenvalue weighted by molar-refractivity contribution is 5.77. The molecule has 1 aliphatic rings. The van der Waals surface area contributed by atoms with Crippen molar-refractivity contribution in [2.45, 2.75) is 25.9 Å². The molecular formula is C9H17NO3. The Labute approximate surface area is 78.3 Å². The predicted octanol–water partition coefficient (Wildman–Crippen LogP) is -0.0900. The van der Waals surface area contributed by atoms with Crippen molar-refractivity contribution in [3.05, 3.63) is 0 Å². The molecule has 1 aliphatic heterocycles. The highest BCUT2D eigenvalue weighted by Gasteiger charge is 2.32. The molecule has 1 saturated heterocycles. The lowest BCUT2D eigenvalue weighted by Crippen LogP contribution is -2.44. The lowest BCUT2D eigenvalue weighted by Gasteiger charge is -2.21. The van der Waals surface area contributed by atoms with Crippen LogP contribution in [0.25, 0.3) is 0 Å². The van der Waals surface area contributed by atoms with Crippen LogP contribution >= 0.6 is 0 Å². The third-order valence-corrected chi connectivity index (χ3v) is 2.20. The van der Waals surface area contributed by atoms with Crippen molar-refractivity contribution in [3.8, 4) is 0 Å². The van der Waals surface area contributed by atoms with E-state index in [1.165, 1.54) is 0 Å². The SMILES string of the molecule is CC(C)C(=O)NCC1(O)CCOC1. The first-order chi connectivity index (χ1) is 6.03. The molecule has 0 radical (unpaired) electrons. The molecule has 1 heterocycles. The van der Waals surface area contributed by atoms with Gasteiger partial charge in [0.1, 0.15) is 5.60 Å². The summed E-state index contributed by atoms with van der Waals surface area (Å²) in [4.78, 5) is 11.2. The van der Waals surface area contributed by atoms with Gasteiger partial charge in [-0.3, -0.25) is 4.79 Å². The molecule has 76 valence electrons. The maximum atomic E-state index is 11.2. The molecule has 4 heteroatoms. The molecule has 1 amide bonds. The minimum absolute atomic E-state index is 0.0275. The van der Waals surface area contributed by atoms with Crippen molar-refractivity contribution >= 4 is 5.91 Å². The zero-order chi connectivity index (χ0) is 9.90. The van der Waals surface area contributed by atoms with Crippen LogP contribution in [0.15, 0.2) is 0 Å². The van der Waals surface area contributed by atoms with E-state index in [1.54, 1.807) is 0 Å². The van der Waals surface area contributed by atoms with Gasteiger partial charge in [-0.15, -0.1) is 0 Å². The summed E-state index contributed by atoms with van der Waals surface area (Å²) >= 11 is 0. The van der Waals surface area contributed by atoms with E-state index in [2.05, 4.69) is 5.32 Å². The van der Waals surface area contributed by atoms with E-state index >= 15 is 0 Å². The Morgan fingerprint density at radius 2 is 2.38 bits per heavy atom. The summed E-state index contributed by atoms with van der Waals surface area (Å²) in [6, 6.07) is 0. The van der Waals surface area contributed by atoms with Crippen LogP contribution in [0.3, 0.4) is 0 Å². The Hall–Kier alpha value is -0.610.